The molecular formula is C46H68F6O10P4. The Labute approximate surface area is 394 Å². The van der Waals surface area contributed by atoms with E-state index in [2.05, 4.69) is 56.9 Å². The van der Waals surface area contributed by atoms with Crippen molar-refractivity contribution < 1.29 is 74.0 Å². The molecule has 0 spiro atoms. The van der Waals surface area contributed by atoms with E-state index in [0.29, 0.717) is 51.4 Å². The van der Waals surface area contributed by atoms with Crippen molar-refractivity contribution in [3.63, 3.8) is 0 Å². The minimum atomic E-state index is -4.44. The summed E-state index contributed by atoms with van der Waals surface area (Å²) in [6.45, 7) is 2.38. The van der Waals surface area contributed by atoms with Gasteiger partial charge in [0.05, 0.1) is 47.8 Å². The fourth-order valence-electron chi connectivity index (χ4n) is 8.55. The molecule has 3 N–H and O–H groups in total. The number of hydrogen-bond donors (Lipinski definition) is 3. The second-order valence-electron chi connectivity index (χ2n) is 16.8. The molecule has 0 aromatic heterocycles. The first-order valence-corrected chi connectivity index (χ1v) is 24.2. The van der Waals surface area contributed by atoms with Crippen LogP contribution in [0.4, 0.5) is 26.3 Å². The highest BCUT2D eigenvalue weighted by Gasteiger charge is 2.43. The average molecular weight is 1020 g/mol. The van der Waals surface area contributed by atoms with Crippen LogP contribution in [-0.2, 0) is 35.2 Å². The fourth-order valence-corrected chi connectivity index (χ4v) is 9.61. The third kappa shape index (κ3) is 20.6. The number of carbonyl (C=O) groups is 1. The van der Waals surface area contributed by atoms with Crippen molar-refractivity contribution in [1.82, 2.24) is 0 Å². The minimum Gasteiger partial charge on any atom is -0.491 e. The molecule has 66 heavy (non-hydrogen) atoms. The fraction of sp³-hybridized carbons (Fsp3) is 0.630. The maximum atomic E-state index is 12.9. The van der Waals surface area contributed by atoms with Crippen LogP contribution >= 0.6 is 37.9 Å². The van der Waals surface area contributed by atoms with E-state index in [1.54, 1.807) is 0 Å². The van der Waals surface area contributed by atoms with Crippen LogP contribution in [0.5, 0.6) is 11.5 Å². The summed E-state index contributed by atoms with van der Waals surface area (Å²) in [5.41, 5.74) is -1.51. The highest BCUT2D eigenvalue weighted by molar-refractivity contribution is 7.10. The topological polar surface area (TPSA) is 133 Å². The number of aliphatic carboxylic acids is 1. The second-order valence-corrected chi connectivity index (χ2v) is 17.9. The summed E-state index contributed by atoms with van der Waals surface area (Å²) in [7, 11) is 8.96. The SMILES string of the molecule is CCCC/C=C\C[C@H]1C(O)CC(OP)[C@@H]1CCC(COc1cccc(C(F)(F)F)c1)OP.O=C(O)CCC/C=C\C[C@H]1C(O)CC(OP)[C@@H]1CCC(COc1cccc(C(F)(F)F)c1)OP. The smallest absolute Gasteiger partial charge is 0.416 e. The van der Waals surface area contributed by atoms with Crippen molar-refractivity contribution in [2.75, 3.05) is 13.2 Å². The Balaban J connectivity index is 0.000000351. The molecule has 0 aliphatic heterocycles. The molecule has 0 radical (unpaired) electrons. The molecule has 2 saturated carbocycles. The Hall–Kier alpha value is -1.95. The molecule has 0 amide bonds. The van der Waals surface area contributed by atoms with Gasteiger partial charge in [-0.3, -0.25) is 4.79 Å². The number of hydrogen-bond acceptors (Lipinski definition) is 9. The van der Waals surface area contributed by atoms with Gasteiger partial charge in [-0.05, 0) is 118 Å². The van der Waals surface area contributed by atoms with Crippen LogP contribution < -0.4 is 9.47 Å². The van der Waals surface area contributed by atoms with Crippen molar-refractivity contribution >= 4 is 43.8 Å². The third-order valence-electron chi connectivity index (χ3n) is 12.2. The predicted octanol–water partition coefficient (Wildman–Crippen LogP) is 11.8. The van der Waals surface area contributed by atoms with Gasteiger partial charge < -0.3 is 42.9 Å². The lowest BCUT2D eigenvalue weighted by atomic mass is 9.86. The lowest BCUT2D eigenvalue weighted by Crippen LogP contribution is -2.26. The first-order valence-electron chi connectivity index (χ1n) is 22.4. The molecule has 2 fully saturated rings. The van der Waals surface area contributed by atoms with E-state index < -0.39 is 41.7 Å². The van der Waals surface area contributed by atoms with Crippen LogP contribution in [0.15, 0.2) is 72.8 Å². The van der Waals surface area contributed by atoms with Gasteiger partial charge in [0.25, 0.3) is 0 Å². The summed E-state index contributed by atoms with van der Waals surface area (Å²) in [6, 6.07) is 9.56. The van der Waals surface area contributed by atoms with E-state index in [4.69, 9.17) is 32.7 Å². The van der Waals surface area contributed by atoms with Crippen LogP contribution in [0.3, 0.4) is 0 Å². The molecule has 2 aromatic rings. The zero-order valence-electron chi connectivity index (χ0n) is 37.3. The van der Waals surface area contributed by atoms with Gasteiger partial charge in [0, 0.05) is 57.1 Å². The summed E-state index contributed by atoms with van der Waals surface area (Å²) in [5, 5.41) is 29.8. The number of carboxylic acids is 1. The maximum absolute atomic E-state index is 12.9. The Morgan fingerprint density at radius 2 is 1.11 bits per heavy atom. The number of allylic oxidation sites excluding steroid dienone is 4. The summed E-state index contributed by atoms with van der Waals surface area (Å²) < 4.78 is 110. The molecular weight excluding hydrogens is 950 g/mol. The first-order chi connectivity index (χ1) is 31.4. The summed E-state index contributed by atoms with van der Waals surface area (Å²) in [6.07, 6.45) is 7.52. The van der Waals surface area contributed by atoms with Gasteiger partial charge in [0.1, 0.15) is 24.7 Å². The van der Waals surface area contributed by atoms with Gasteiger partial charge >= 0.3 is 18.3 Å². The Morgan fingerprint density at radius 1 is 0.682 bits per heavy atom. The number of alkyl halides is 6. The zero-order chi connectivity index (χ0) is 48.7. The van der Waals surface area contributed by atoms with Crippen LogP contribution in [0.2, 0.25) is 0 Å². The highest BCUT2D eigenvalue weighted by atomic mass is 31.0. The van der Waals surface area contributed by atoms with Gasteiger partial charge in [0.15, 0.2) is 0 Å². The lowest BCUT2D eigenvalue weighted by molar-refractivity contribution is -0.138. The van der Waals surface area contributed by atoms with Crippen LogP contribution in [-0.4, -0.2) is 71.1 Å². The molecule has 10 unspecified atom stereocenters. The first kappa shape index (κ1) is 58.4. The van der Waals surface area contributed by atoms with Gasteiger partial charge in [-0.25, -0.2) is 0 Å². The average Bonchev–Trinajstić information content (AvgIpc) is 3.77. The molecule has 2 aromatic carbocycles. The molecule has 2 aliphatic carbocycles. The van der Waals surface area contributed by atoms with E-state index >= 15 is 0 Å². The standard InChI is InChI=1S/C23H33F3O6P2.C23H35F3O4P2/c24-23(25,26)15-6-5-7-16(12-15)30-14-17(31-33)10-11-19-18(20(27)13-21(19)32-34)8-3-1-2-4-9-22(28)29;1-2-3-4-5-6-10-19-20(22(30-32)14-21(19)27)12-11-18(29-31)15-28-17-9-7-8-16(13-17)23(24,25)26/h1,3,5-7,12,17-21,27H,2,4,8-11,13-14,33-34H2,(H,28,29);5-9,13,18-22,27H,2-4,10-12,14-15,31-32H2,1H3/b3-1-;6-5-/t17?,18-,19-,20?,21?;18?,19-,20-,21?,22?/m11/s1. The summed E-state index contributed by atoms with van der Waals surface area (Å²) in [5.74, 6) is -0.228. The minimum absolute atomic E-state index is 0.0178. The monoisotopic (exact) mass is 1020 g/mol. The molecule has 0 heterocycles. The molecule has 0 bridgehead atoms. The van der Waals surface area contributed by atoms with Crippen LogP contribution in [0, 0.1) is 23.7 Å². The Bertz CT molecular complexity index is 1740. The molecule has 20 heteroatoms. The summed E-state index contributed by atoms with van der Waals surface area (Å²) in [4.78, 5) is 10.6. The molecule has 2 aliphatic rings. The van der Waals surface area contributed by atoms with Crippen molar-refractivity contribution in [2.24, 2.45) is 23.7 Å². The van der Waals surface area contributed by atoms with E-state index in [-0.39, 0.29) is 79.2 Å². The van der Waals surface area contributed by atoms with Crippen LogP contribution in [0.1, 0.15) is 108 Å². The zero-order valence-corrected chi connectivity index (χ0v) is 41.9. The Kier molecular flexibility index (Phi) is 27.1. The van der Waals surface area contributed by atoms with E-state index in [1.165, 1.54) is 24.3 Å². The van der Waals surface area contributed by atoms with Gasteiger partial charge in [-0.15, -0.1) is 0 Å². The van der Waals surface area contributed by atoms with E-state index in [9.17, 15) is 41.4 Å². The number of carboxylic acid groups (broad SMARTS) is 1. The number of halogens is 6. The van der Waals surface area contributed by atoms with Gasteiger partial charge in [0.2, 0.25) is 0 Å². The normalized spacial score (nSPS) is 24.4. The highest BCUT2D eigenvalue weighted by Crippen LogP contribution is 2.43. The third-order valence-corrected chi connectivity index (χ3v) is 13.7. The number of aliphatic hydroxyl groups excluding tert-OH is 2. The van der Waals surface area contributed by atoms with Crippen LogP contribution in [0.25, 0.3) is 0 Å². The summed E-state index contributed by atoms with van der Waals surface area (Å²) >= 11 is 0. The largest absolute Gasteiger partial charge is 0.491 e. The van der Waals surface area contributed by atoms with Crippen molar-refractivity contribution in [1.29, 1.82) is 0 Å². The number of unbranched alkanes of at least 4 members (excludes halogenated alkanes) is 3. The molecule has 14 atom stereocenters. The predicted molar refractivity (Wildman–Crippen MR) is 254 cm³/mol. The number of ether oxygens (including phenoxy) is 2. The maximum Gasteiger partial charge on any atom is 0.416 e. The number of rotatable bonds is 27. The quantitative estimate of drug-likeness (QED) is 0.0344. The van der Waals surface area contributed by atoms with E-state index in [1.807, 2.05) is 12.2 Å². The van der Waals surface area contributed by atoms with Crippen molar-refractivity contribution in [3.8, 4) is 11.5 Å². The lowest BCUT2D eigenvalue weighted by Gasteiger charge is -2.26. The molecule has 10 nitrogen and oxygen atoms in total. The number of aliphatic hydroxyl groups is 2. The molecule has 4 rings (SSSR count). The van der Waals surface area contributed by atoms with Gasteiger partial charge in [-0.1, -0.05) is 56.2 Å². The molecule has 0 saturated heterocycles. The Morgan fingerprint density at radius 3 is 1.47 bits per heavy atom. The number of benzene rings is 2. The van der Waals surface area contributed by atoms with Crippen molar-refractivity contribution in [3.05, 3.63) is 84.0 Å². The van der Waals surface area contributed by atoms with Crippen molar-refractivity contribution in [2.45, 2.75) is 146 Å². The molecule has 374 valence electrons. The van der Waals surface area contributed by atoms with E-state index in [0.717, 1.165) is 56.4 Å². The second kappa shape index (κ2) is 30.6. The van der Waals surface area contributed by atoms with Gasteiger partial charge in [-0.2, -0.15) is 26.3 Å².